The average Bonchev–Trinajstić information content (AvgIpc) is 2.30. The van der Waals surface area contributed by atoms with Crippen LogP contribution in [0.4, 0.5) is 0 Å². The minimum atomic E-state index is 0.428. The van der Waals surface area contributed by atoms with Gasteiger partial charge < -0.3 is 5.32 Å². The summed E-state index contributed by atoms with van der Waals surface area (Å²) in [5.74, 6) is 0. The van der Waals surface area contributed by atoms with Crippen LogP contribution in [0.5, 0.6) is 0 Å². The minimum Gasteiger partial charge on any atom is -0.316 e. The van der Waals surface area contributed by atoms with Crippen molar-refractivity contribution in [3.8, 4) is 0 Å². The highest BCUT2D eigenvalue weighted by Gasteiger charge is 2.46. The van der Waals surface area contributed by atoms with Gasteiger partial charge in [-0.25, -0.2) is 0 Å². The maximum Gasteiger partial charge on any atom is 0.0123 e. The first-order chi connectivity index (χ1) is 5.42. The molecule has 0 aromatic heterocycles. The van der Waals surface area contributed by atoms with Crippen molar-refractivity contribution in [1.82, 2.24) is 5.32 Å². The Hall–Kier alpha value is -0.0400. The van der Waals surface area contributed by atoms with E-state index in [4.69, 9.17) is 0 Å². The summed E-state index contributed by atoms with van der Waals surface area (Å²) in [6, 6.07) is 0.720. The van der Waals surface area contributed by atoms with Crippen molar-refractivity contribution in [3.63, 3.8) is 0 Å². The van der Waals surface area contributed by atoms with E-state index in [2.05, 4.69) is 40.1 Å². The Morgan fingerprint density at radius 1 is 1.33 bits per heavy atom. The lowest BCUT2D eigenvalue weighted by atomic mass is 9.65. The summed E-state index contributed by atoms with van der Waals surface area (Å²) in [5, 5.41) is 3.46. The average molecular weight is 169 g/mol. The van der Waals surface area contributed by atoms with Crippen LogP contribution in [0.3, 0.4) is 0 Å². The maximum atomic E-state index is 3.46. The van der Waals surface area contributed by atoms with Crippen LogP contribution < -0.4 is 5.32 Å². The van der Waals surface area contributed by atoms with Crippen LogP contribution >= 0.6 is 0 Å². The first-order valence-electron chi connectivity index (χ1n) is 5.09. The van der Waals surface area contributed by atoms with Crippen LogP contribution in [0.1, 0.15) is 47.0 Å². The van der Waals surface area contributed by atoms with Gasteiger partial charge in [-0.2, -0.15) is 0 Å². The molecule has 1 unspecified atom stereocenters. The molecule has 1 saturated carbocycles. The van der Waals surface area contributed by atoms with E-state index in [-0.39, 0.29) is 0 Å². The summed E-state index contributed by atoms with van der Waals surface area (Å²) in [6.45, 7) is 9.52. The van der Waals surface area contributed by atoms with Gasteiger partial charge in [-0.05, 0) is 30.7 Å². The van der Waals surface area contributed by atoms with E-state index in [9.17, 15) is 0 Å². The van der Waals surface area contributed by atoms with Crippen molar-refractivity contribution in [3.05, 3.63) is 0 Å². The lowest BCUT2D eigenvalue weighted by molar-refractivity contribution is 0.0843. The molecule has 72 valence electrons. The van der Waals surface area contributed by atoms with Crippen LogP contribution in [0.2, 0.25) is 0 Å². The van der Waals surface area contributed by atoms with Gasteiger partial charge in [0.05, 0.1) is 0 Å². The molecule has 1 nitrogen and oxygen atoms in total. The second kappa shape index (κ2) is 3.02. The third-order valence-electron chi connectivity index (χ3n) is 4.02. The summed E-state index contributed by atoms with van der Waals surface area (Å²) >= 11 is 0. The molecule has 0 radical (unpaired) electrons. The summed E-state index contributed by atoms with van der Waals surface area (Å²) in [5.41, 5.74) is 0.916. The van der Waals surface area contributed by atoms with Gasteiger partial charge in [-0.15, -0.1) is 0 Å². The smallest absolute Gasteiger partial charge is 0.0123 e. The molecule has 1 fully saturated rings. The molecule has 1 N–H and O–H groups in total. The highest BCUT2D eigenvalue weighted by atomic mass is 14.9. The van der Waals surface area contributed by atoms with Gasteiger partial charge in [0.1, 0.15) is 0 Å². The zero-order valence-corrected chi connectivity index (χ0v) is 9.20. The van der Waals surface area contributed by atoms with Gasteiger partial charge in [-0.3, -0.25) is 0 Å². The van der Waals surface area contributed by atoms with Gasteiger partial charge in [0, 0.05) is 6.04 Å². The Labute approximate surface area is 76.9 Å². The first kappa shape index (κ1) is 10.0. The Morgan fingerprint density at radius 3 is 2.25 bits per heavy atom. The molecule has 1 heteroatoms. The standard InChI is InChI=1S/C11H23N/c1-10(2,3)11(4)8-6-7-9(11)12-5/h9,12H,6-8H2,1-5H3/t9-,11?/m1/s1. The largest absolute Gasteiger partial charge is 0.316 e. The molecule has 0 aromatic rings. The predicted octanol–water partition coefficient (Wildman–Crippen LogP) is 2.81. The predicted molar refractivity (Wildman–Crippen MR) is 54.3 cm³/mol. The molecule has 0 aliphatic heterocycles. The Kier molecular flexibility index (Phi) is 2.53. The van der Waals surface area contributed by atoms with Crippen LogP contribution in [0.25, 0.3) is 0 Å². The van der Waals surface area contributed by atoms with E-state index in [0.717, 1.165) is 6.04 Å². The molecule has 2 atom stereocenters. The molecule has 0 bridgehead atoms. The fraction of sp³-hybridized carbons (Fsp3) is 1.00. The molecular formula is C11H23N. The third kappa shape index (κ3) is 1.39. The van der Waals surface area contributed by atoms with Crippen molar-refractivity contribution in [2.45, 2.75) is 53.0 Å². The lowest BCUT2D eigenvalue weighted by Crippen LogP contribution is -2.45. The first-order valence-corrected chi connectivity index (χ1v) is 5.09. The van der Waals surface area contributed by atoms with Crippen LogP contribution in [0.15, 0.2) is 0 Å². The van der Waals surface area contributed by atoms with E-state index < -0.39 is 0 Å². The molecule has 0 spiro atoms. The van der Waals surface area contributed by atoms with Crippen LogP contribution in [-0.2, 0) is 0 Å². The fourth-order valence-corrected chi connectivity index (χ4v) is 2.53. The highest BCUT2D eigenvalue weighted by Crippen LogP contribution is 2.50. The molecule has 12 heavy (non-hydrogen) atoms. The van der Waals surface area contributed by atoms with Crippen LogP contribution in [0, 0.1) is 10.8 Å². The topological polar surface area (TPSA) is 12.0 Å². The summed E-state index contributed by atoms with van der Waals surface area (Å²) in [6.07, 6.45) is 4.12. The second-order valence-corrected chi connectivity index (χ2v) is 5.40. The normalized spacial score (nSPS) is 37.2. The van der Waals surface area contributed by atoms with Gasteiger partial charge in [0.25, 0.3) is 0 Å². The van der Waals surface area contributed by atoms with E-state index in [1.807, 2.05) is 0 Å². The van der Waals surface area contributed by atoms with Crippen LogP contribution in [-0.4, -0.2) is 13.1 Å². The van der Waals surface area contributed by atoms with Gasteiger partial charge >= 0.3 is 0 Å². The lowest BCUT2D eigenvalue weighted by Gasteiger charge is -2.43. The molecule has 0 amide bonds. The monoisotopic (exact) mass is 169 g/mol. The zero-order valence-electron chi connectivity index (χ0n) is 9.20. The number of rotatable bonds is 1. The van der Waals surface area contributed by atoms with Gasteiger partial charge in [0.2, 0.25) is 0 Å². The van der Waals surface area contributed by atoms with E-state index in [1.165, 1.54) is 19.3 Å². The number of nitrogens with one attached hydrogen (secondary N) is 1. The summed E-state index contributed by atoms with van der Waals surface area (Å²) < 4.78 is 0. The van der Waals surface area contributed by atoms with Crippen molar-refractivity contribution < 1.29 is 0 Å². The van der Waals surface area contributed by atoms with E-state index >= 15 is 0 Å². The SMILES string of the molecule is CN[C@@H]1CCCC1(C)C(C)(C)C. The fourth-order valence-electron chi connectivity index (χ4n) is 2.53. The molecule has 0 aromatic carbocycles. The highest BCUT2D eigenvalue weighted by molar-refractivity contribution is 4.99. The Morgan fingerprint density at radius 2 is 1.92 bits per heavy atom. The molecular weight excluding hydrogens is 146 g/mol. The molecule has 0 heterocycles. The molecule has 1 aliphatic rings. The molecule has 0 saturated heterocycles. The quantitative estimate of drug-likeness (QED) is 0.636. The van der Waals surface area contributed by atoms with E-state index in [0.29, 0.717) is 10.8 Å². The Bertz CT molecular complexity index is 157. The van der Waals surface area contributed by atoms with Crippen molar-refractivity contribution in [2.24, 2.45) is 10.8 Å². The second-order valence-electron chi connectivity index (χ2n) is 5.40. The zero-order chi connectivity index (χ0) is 9.41. The van der Waals surface area contributed by atoms with Crippen molar-refractivity contribution in [2.75, 3.05) is 7.05 Å². The van der Waals surface area contributed by atoms with Crippen molar-refractivity contribution in [1.29, 1.82) is 0 Å². The third-order valence-corrected chi connectivity index (χ3v) is 4.02. The Balaban J connectivity index is 2.82. The number of hydrogen-bond donors (Lipinski definition) is 1. The maximum absolute atomic E-state index is 3.46. The minimum absolute atomic E-state index is 0.428. The van der Waals surface area contributed by atoms with E-state index in [1.54, 1.807) is 0 Å². The molecule has 1 aliphatic carbocycles. The number of hydrogen-bond acceptors (Lipinski definition) is 1. The van der Waals surface area contributed by atoms with Gasteiger partial charge in [-0.1, -0.05) is 34.1 Å². The summed E-state index contributed by atoms with van der Waals surface area (Å²) in [7, 11) is 2.10. The van der Waals surface area contributed by atoms with Crippen molar-refractivity contribution >= 4 is 0 Å². The van der Waals surface area contributed by atoms with Gasteiger partial charge in [0.15, 0.2) is 0 Å². The summed E-state index contributed by atoms with van der Waals surface area (Å²) in [4.78, 5) is 0. The molecule has 1 rings (SSSR count).